The first kappa shape index (κ1) is 14.0. The number of ether oxygens (including phenoxy) is 1. The third-order valence-corrected chi connectivity index (χ3v) is 5.12. The predicted octanol–water partition coefficient (Wildman–Crippen LogP) is 3.98. The highest BCUT2D eigenvalue weighted by atomic mass is 32.1. The van der Waals surface area contributed by atoms with Gasteiger partial charge in [0.05, 0.1) is 6.10 Å². The Kier molecular flexibility index (Phi) is 4.82. The van der Waals surface area contributed by atoms with Crippen LogP contribution in [0.25, 0.3) is 0 Å². The highest BCUT2D eigenvalue weighted by Gasteiger charge is 2.29. The largest absolute Gasteiger partial charge is 0.368 e. The van der Waals surface area contributed by atoms with Gasteiger partial charge in [0.2, 0.25) is 0 Å². The van der Waals surface area contributed by atoms with Gasteiger partial charge in [-0.05, 0) is 49.5 Å². The van der Waals surface area contributed by atoms with Crippen molar-refractivity contribution in [2.24, 2.45) is 17.6 Å². The first-order chi connectivity index (χ1) is 8.58. The Labute approximate surface area is 115 Å². The van der Waals surface area contributed by atoms with Gasteiger partial charge in [-0.1, -0.05) is 19.9 Å². The highest BCUT2D eigenvalue weighted by molar-refractivity contribution is 7.10. The third-order valence-electron chi connectivity index (χ3n) is 4.19. The zero-order valence-electron chi connectivity index (χ0n) is 11.6. The fraction of sp³-hybridized carbons (Fsp3) is 0.733. The van der Waals surface area contributed by atoms with Crippen molar-refractivity contribution in [3.05, 3.63) is 22.4 Å². The minimum Gasteiger partial charge on any atom is -0.368 e. The maximum absolute atomic E-state index is 6.30. The molecule has 0 amide bonds. The van der Waals surface area contributed by atoms with Crippen LogP contribution in [0.15, 0.2) is 17.5 Å². The molecule has 18 heavy (non-hydrogen) atoms. The van der Waals surface area contributed by atoms with Gasteiger partial charge in [-0.15, -0.1) is 11.3 Å². The van der Waals surface area contributed by atoms with Crippen LogP contribution < -0.4 is 5.73 Å². The molecule has 102 valence electrons. The SMILES string of the molecule is CC(N)C(OC1CCC(C)C(C)C1)c1cccs1. The van der Waals surface area contributed by atoms with Crippen molar-refractivity contribution in [1.29, 1.82) is 0 Å². The lowest BCUT2D eigenvalue weighted by molar-refractivity contribution is -0.0553. The maximum Gasteiger partial charge on any atom is 0.107 e. The van der Waals surface area contributed by atoms with Crippen molar-refractivity contribution < 1.29 is 4.74 Å². The number of hydrogen-bond donors (Lipinski definition) is 1. The second-order valence-electron chi connectivity index (χ2n) is 5.82. The lowest BCUT2D eigenvalue weighted by atomic mass is 9.80. The smallest absolute Gasteiger partial charge is 0.107 e. The number of nitrogens with two attached hydrogens (primary N) is 1. The molecule has 1 heterocycles. The third kappa shape index (κ3) is 3.34. The molecule has 0 bridgehead atoms. The standard InChI is InChI=1S/C15H25NOS/c1-10-6-7-13(9-11(10)2)17-15(12(3)16)14-5-4-8-18-14/h4-5,8,10-13,15H,6-7,9,16H2,1-3H3. The summed E-state index contributed by atoms with van der Waals surface area (Å²) in [5.41, 5.74) is 6.09. The van der Waals surface area contributed by atoms with Crippen molar-refractivity contribution in [3.63, 3.8) is 0 Å². The second kappa shape index (κ2) is 6.18. The molecule has 3 heteroatoms. The fourth-order valence-corrected chi connectivity index (χ4v) is 3.61. The summed E-state index contributed by atoms with van der Waals surface area (Å²) in [6.07, 6.45) is 4.09. The molecule has 2 nitrogen and oxygen atoms in total. The van der Waals surface area contributed by atoms with Crippen LogP contribution in [0.5, 0.6) is 0 Å². The first-order valence-electron chi connectivity index (χ1n) is 7.02. The summed E-state index contributed by atoms with van der Waals surface area (Å²) in [5, 5.41) is 2.10. The van der Waals surface area contributed by atoms with Crippen molar-refractivity contribution >= 4 is 11.3 Å². The van der Waals surface area contributed by atoms with E-state index in [0.717, 1.165) is 11.8 Å². The van der Waals surface area contributed by atoms with E-state index in [1.165, 1.54) is 24.1 Å². The van der Waals surface area contributed by atoms with Gasteiger partial charge in [0, 0.05) is 10.9 Å². The molecule has 1 fully saturated rings. The van der Waals surface area contributed by atoms with Gasteiger partial charge < -0.3 is 10.5 Å². The Balaban J connectivity index is 1.98. The minimum absolute atomic E-state index is 0.0540. The molecule has 0 spiro atoms. The lowest BCUT2D eigenvalue weighted by Crippen LogP contribution is -2.33. The van der Waals surface area contributed by atoms with Crippen LogP contribution in [-0.2, 0) is 4.74 Å². The molecular formula is C15H25NOS. The lowest BCUT2D eigenvalue weighted by Gasteiger charge is -2.35. The van der Waals surface area contributed by atoms with E-state index in [9.17, 15) is 0 Å². The Morgan fingerprint density at radius 2 is 2.11 bits per heavy atom. The zero-order valence-corrected chi connectivity index (χ0v) is 12.5. The van der Waals surface area contributed by atoms with E-state index in [1.54, 1.807) is 11.3 Å². The first-order valence-corrected chi connectivity index (χ1v) is 7.90. The van der Waals surface area contributed by atoms with E-state index in [0.29, 0.717) is 6.10 Å². The van der Waals surface area contributed by atoms with E-state index in [2.05, 4.69) is 31.4 Å². The van der Waals surface area contributed by atoms with Crippen molar-refractivity contribution in [3.8, 4) is 0 Å². The van der Waals surface area contributed by atoms with E-state index >= 15 is 0 Å². The van der Waals surface area contributed by atoms with Crippen LogP contribution in [0.1, 0.15) is 51.0 Å². The molecule has 0 saturated heterocycles. The van der Waals surface area contributed by atoms with Crippen molar-refractivity contribution in [1.82, 2.24) is 0 Å². The molecule has 5 unspecified atom stereocenters. The molecule has 5 atom stereocenters. The Morgan fingerprint density at radius 3 is 2.67 bits per heavy atom. The molecular weight excluding hydrogens is 242 g/mol. The molecule has 1 aromatic heterocycles. The average molecular weight is 267 g/mol. The molecule has 2 N–H and O–H groups in total. The van der Waals surface area contributed by atoms with Crippen LogP contribution in [0.2, 0.25) is 0 Å². The van der Waals surface area contributed by atoms with E-state index < -0.39 is 0 Å². The average Bonchev–Trinajstić information content (AvgIpc) is 2.83. The van der Waals surface area contributed by atoms with Gasteiger partial charge in [0.25, 0.3) is 0 Å². The molecule has 0 aromatic carbocycles. The Bertz CT molecular complexity index is 349. The maximum atomic E-state index is 6.30. The summed E-state index contributed by atoms with van der Waals surface area (Å²) in [6, 6.07) is 4.26. The number of thiophene rings is 1. The molecule has 0 aliphatic heterocycles. The number of hydrogen-bond acceptors (Lipinski definition) is 3. The molecule has 0 radical (unpaired) electrons. The van der Waals surface area contributed by atoms with Crippen LogP contribution in [0, 0.1) is 11.8 Å². The van der Waals surface area contributed by atoms with Gasteiger partial charge in [0.15, 0.2) is 0 Å². The fourth-order valence-electron chi connectivity index (χ4n) is 2.73. The van der Waals surface area contributed by atoms with E-state index in [4.69, 9.17) is 10.5 Å². The van der Waals surface area contributed by atoms with E-state index in [-0.39, 0.29) is 12.1 Å². The minimum atomic E-state index is 0.0540. The second-order valence-corrected chi connectivity index (χ2v) is 6.80. The summed E-state index contributed by atoms with van der Waals surface area (Å²) < 4.78 is 6.30. The van der Waals surface area contributed by atoms with Crippen LogP contribution in [-0.4, -0.2) is 12.1 Å². The monoisotopic (exact) mass is 267 g/mol. The van der Waals surface area contributed by atoms with Crippen molar-refractivity contribution in [2.45, 2.75) is 58.3 Å². The summed E-state index contributed by atoms with van der Waals surface area (Å²) in [6.45, 7) is 6.73. The molecule has 1 aromatic rings. The Hall–Kier alpha value is -0.380. The molecule has 1 aliphatic carbocycles. The molecule has 2 rings (SSSR count). The van der Waals surface area contributed by atoms with Gasteiger partial charge in [0.1, 0.15) is 6.10 Å². The van der Waals surface area contributed by atoms with Crippen molar-refractivity contribution in [2.75, 3.05) is 0 Å². The summed E-state index contributed by atoms with van der Waals surface area (Å²) >= 11 is 1.74. The summed E-state index contributed by atoms with van der Waals surface area (Å²) in [7, 11) is 0. The van der Waals surface area contributed by atoms with Gasteiger partial charge in [-0.25, -0.2) is 0 Å². The highest BCUT2D eigenvalue weighted by Crippen LogP contribution is 2.35. The topological polar surface area (TPSA) is 35.2 Å². The van der Waals surface area contributed by atoms with Gasteiger partial charge in [-0.2, -0.15) is 0 Å². The predicted molar refractivity (Wildman–Crippen MR) is 77.8 cm³/mol. The van der Waals surface area contributed by atoms with Crippen LogP contribution in [0.3, 0.4) is 0 Å². The van der Waals surface area contributed by atoms with Gasteiger partial charge in [-0.3, -0.25) is 0 Å². The van der Waals surface area contributed by atoms with E-state index in [1.807, 2.05) is 6.92 Å². The summed E-state index contributed by atoms with van der Waals surface area (Å²) in [4.78, 5) is 1.26. The van der Waals surface area contributed by atoms with Gasteiger partial charge >= 0.3 is 0 Å². The molecule has 1 aliphatic rings. The molecule has 1 saturated carbocycles. The Morgan fingerprint density at radius 1 is 1.33 bits per heavy atom. The summed E-state index contributed by atoms with van der Waals surface area (Å²) in [5.74, 6) is 1.60. The van der Waals surface area contributed by atoms with Crippen LogP contribution in [0.4, 0.5) is 0 Å². The number of rotatable bonds is 4. The zero-order chi connectivity index (χ0) is 13.1. The van der Waals surface area contributed by atoms with Crippen LogP contribution >= 0.6 is 11.3 Å². The quantitative estimate of drug-likeness (QED) is 0.895. The normalized spacial score (nSPS) is 32.1.